The number of rotatable bonds is 3. The molecule has 0 heterocycles. The van der Waals surface area contributed by atoms with Gasteiger partial charge in [-0.2, -0.15) is 0 Å². The summed E-state index contributed by atoms with van der Waals surface area (Å²) in [5.41, 5.74) is 1.45. The summed E-state index contributed by atoms with van der Waals surface area (Å²) >= 11 is 1.57. The zero-order chi connectivity index (χ0) is 9.14. The van der Waals surface area contributed by atoms with Gasteiger partial charge in [0.25, 0.3) is 0 Å². The first kappa shape index (κ1) is 17.5. The Hall–Kier alpha value is 1.12. The van der Waals surface area contributed by atoms with Crippen LogP contribution in [0.5, 0.6) is 0 Å². The van der Waals surface area contributed by atoms with Gasteiger partial charge in [0.1, 0.15) is 0 Å². The Morgan fingerprint density at radius 1 is 1.43 bits per heavy atom. The van der Waals surface area contributed by atoms with Crippen LogP contribution in [0, 0.1) is 0 Å². The van der Waals surface area contributed by atoms with Gasteiger partial charge in [-0.15, -0.1) is 0 Å². The van der Waals surface area contributed by atoms with Crippen molar-refractivity contribution in [1.29, 1.82) is 0 Å². The monoisotopic (exact) mass is 327 g/mol. The second-order valence-corrected chi connectivity index (χ2v) is 7.82. The van der Waals surface area contributed by atoms with Crippen LogP contribution in [0.3, 0.4) is 0 Å². The van der Waals surface area contributed by atoms with E-state index in [1.807, 2.05) is 0 Å². The van der Waals surface area contributed by atoms with Gasteiger partial charge in [0.2, 0.25) is 0 Å². The molecule has 0 aliphatic heterocycles. The van der Waals surface area contributed by atoms with E-state index in [4.69, 9.17) is 5.11 Å². The van der Waals surface area contributed by atoms with Crippen LogP contribution in [0.2, 0.25) is 13.1 Å². The molecule has 0 unspecified atom stereocenters. The predicted molar refractivity (Wildman–Crippen MR) is 50.3 cm³/mol. The van der Waals surface area contributed by atoms with Gasteiger partial charge >= 0.3 is 91.3 Å². The Labute approximate surface area is 115 Å². The van der Waals surface area contributed by atoms with E-state index in [1.54, 1.807) is 33.2 Å². The molecule has 1 rings (SSSR count). The largest absolute Gasteiger partial charge is 1.00 e. The minimum absolute atomic E-state index is 0. The molecule has 0 aromatic carbocycles. The van der Waals surface area contributed by atoms with E-state index in [9.17, 15) is 0 Å². The van der Waals surface area contributed by atoms with Gasteiger partial charge in [0.15, 0.2) is 0 Å². The molecule has 79 valence electrons. The fraction of sp³-hybridized carbons (Fsp3) is 0.556. The maximum absolute atomic E-state index is 8.87. The van der Waals surface area contributed by atoms with E-state index in [0.29, 0.717) is 6.61 Å². The van der Waals surface area contributed by atoms with Gasteiger partial charge in [-0.1, -0.05) is 0 Å². The first-order valence-corrected chi connectivity index (χ1v) is 8.53. The molecular formula is C9H15Cl2OSiZr. The van der Waals surface area contributed by atoms with Crippen molar-refractivity contribution in [3.05, 3.63) is 20.1 Å². The molecule has 0 aromatic rings. The maximum Gasteiger partial charge on any atom is -1.00 e. The van der Waals surface area contributed by atoms with E-state index in [0.717, 1.165) is 12.8 Å². The van der Waals surface area contributed by atoms with Crippen molar-refractivity contribution in [3.8, 4) is 0 Å². The third-order valence-corrected chi connectivity index (χ3v) is 5.93. The van der Waals surface area contributed by atoms with Crippen molar-refractivity contribution in [3.63, 3.8) is 0 Å². The minimum Gasteiger partial charge on any atom is -1.00 e. The van der Waals surface area contributed by atoms with Crippen LogP contribution in [0.4, 0.5) is 0 Å². The zero-order valence-corrected chi connectivity index (χ0v) is 13.6. The van der Waals surface area contributed by atoms with Crippen molar-refractivity contribution in [1.82, 2.24) is 0 Å². The van der Waals surface area contributed by atoms with Crippen LogP contribution in [0.1, 0.15) is 12.8 Å². The second-order valence-electron chi connectivity index (χ2n) is 3.45. The van der Waals surface area contributed by atoms with E-state index >= 15 is 0 Å². The number of allylic oxidation sites excluding steroid dienone is 3. The molecule has 0 saturated heterocycles. The van der Waals surface area contributed by atoms with Crippen molar-refractivity contribution < 1.29 is 54.6 Å². The molecule has 0 aromatic heterocycles. The van der Waals surface area contributed by atoms with E-state index < -0.39 is 8.80 Å². The molecule has 1 aliphatic carbocycles. The van der Waals surface area contributed by atoms with Crippen LogP contribution in [-0.2, 0) is 24.7 Å². The van der Waals surface area contributed by atoms with Crippen molar-refractivity contribution in [2.45, 2.75) is 25.9 Å². The Bertz CT molecular complexity index is 239. The minimum atomic E-state index is -0.648. The molecule has 1 N–H and O–H groups in total. The summed E-state index contributed by atoms with van der Waals surface area (Å²) in [7, 11) is -0.648. The van der Waals surface area contributed by atoms with Crippen LogP contribution in [-0.4, -0.2) is 20.5 Å². The summed E-state index contributed by atoms with van der Waals surface area (Å²) in [6.07, 6.45) is 4.34. The molecule has 0 fully saturated rings. The van der Waals surface area contributed by atoms with Gasteiger partial charge in [-0.05, 0) is 0 Å². The third-order valence-electron chi connectivity index (χ3n) is 2.18. The van der Waals surface area contributed by atoms with Crippen molar-refractivity contribution >= 4 is 8.80 Å². The van der Waals surface area contributed by atoms with Crippen LogP contribution in [0.15, 0.2) is 20.1 Å². The second kappa shape index (κ2) is 8.29. The Balaban J connectivity index is 0. The summed E-state index contributed by atoms with van der Waals surface area (Å²) in [6, 6.07) is 0. The third kappa shape index (κ3) is 4.32. The smallest absolute Gasteiger partial charge is 1.00 e. The van der Waals surface area contributed by atoms with E-state index in [2.05, 4.69) is 19.2 Å². The average molecular weight is 329 g/mol. The summed E-state index contributed by atoms with van der Waals surface area (Å²) < 4.78 is 1.63. The van der Waals surface area contributed by atoms with Gasteiger partial charge < -0.3 is 24.8 Å². The summed E-state index contributed by atoms with van der Waals surface area (Å²) in [5.74, 6) is 0. The Morgan fingerprint density at radius 3 is 2.43 bits per heavy atom. The zero-order valence-electron chi connectivity index (χ0n) is 8.48. The molecule has 0 radical (unpaired) electrons. The molecule has 0 amide bonds. The molecule has 1 aliphatic rings. The van der Waals surface area contributed by atoms with Crippen molar-refractivity contribution in [2.75, 3.05) is 6.61 Å². The van der Waals surface area contributed by atoms with E-state index in [1.165, 1.54) is 5.57 Å². The fourth-order valence-electron chi connectivity index (χ4n) is 1.72. The molecule has 1 nitrogen and oxygen atoms in total. The summed E-state index contributed by atoms with van der Waals surface area (Å²) in [6.45, 7) is 5.05. The van der Waals surface area contributed by atoms with Crippen LogP contribution < -0.4 is 24.8 Å². The molecule has 0 atom stereocenters. The molecule has 5 heteroatoms. The standard InChI is InChI=1S/C9H15OSi.2ClH.Zr/c1-11(2)9-5-3-4-8(9)6-7-10;;;/h4,10-11H,3,6-7H2,1-2H3;2*1H;/q;;;+2/p-2. The van der Waals surface area contributed by atoms with Gasteiger partial charge in [-0.3, -0.25) is 0 Å². The van der Waals surface area contributed by atoms with Crippen LogP contribution in [0.25, 0.3) is 0 Å². The first-order valence-electron chi connectivity index (χ1n) is 4.41. The molecular weight excluding hydrogens is 314 g/mol. The van der Waals surface area contributed by atoms with Gasteiger partial charge in [0.05, 0.1) is 0 Å². The topological polar surface area (TPSA) is 20.2 Å². The number of halogens is 2. The SMILES string of the molecule is C[SiH](C)C1=[C]([Zr+2])CC=C1CCO.[Cl-].[Cl-]. The molecule has 0 bridgehead atoms. The number of aliphatic hydroxyl groups is 1. The van der Waals surface area contributed by atoms with Crippen molar-refractivity contribution in [2.24, 2.45) is 0 Å². The molecule has 0 spiro atoms. The van der Waals surface area contributed by atoms with Gasteiger partial charge in [-0.25, -0.2) is 0 Å². The quantitative estimate of drug-likeness (QED) is 0.518. The summed E-state index contributed by atoms with van der Waals surface area (Å²) in [5, 5.41) is 10.5. The van der Waals surface area contributed by atoms with E-state index in [-0.39, 0.29) is 24.8 Å². The molecule has 14 heavy (non-hydrogen) atoms. The number of aliphatic hydroxyl groups excluding tert-OH is 1. The van der Waals surface area contributed by atoms with Gasteiger partial charge in [0, 0.05) is 0 Å². The Morgan fingerprint density at radius 2 is 2.00 bits per heavy atom. The number of hydrogen-bond donors (Lipinski definition) is 1. The molecule has 0 saturated carbocycles. The average Bonchev–Trinajstić information content (AvgIpc) is 2.32. The first-order chi connectivity index (χ1) is 5.66. The Kier molecular flexibility index (Phi) is 10.4. The number of hydrogen-bond acceptors (Lipinski definition) is 1. The fourth-order valence-corrected chi connectivity index (χ4v) is 6.31. The normalized spacial score (nSPS) is 15.1. The predicted octanol–water partition coefficient (Wildman–Crippen LogP) is -4.47. The summed E-state index contributed by atoms with van der Waals surface area (Å²) in [4.78, 5) is 0. The maximum atomic E-state index is 8.87. The van der Waals surface area contributed by atoms with Crippen LogP contribution >= 0.6 is 0 Å².